The molecule has 4 nitrogen and oxygen atoms in total. The Morgan fingerprint density at radius 1 is 1.21 bits per heavy atom. The molecule has 0 heterocycles. The Morgan fingerprint density at radius 3 is 2.26 bits per heavy atom. The molecule has 0 aliphatic heterocycles. The molecular formula is C15H24N2O2. The van der Waals surface area contributed by atoms with Crippen LogP contribution in [0.2, 0.25) is 0 Å². The zero-order chi connectivity index (χ0) is 14.5. The number of nitrogens with zero attached hydrogens (tertiary/aromatic N) is 1. The van der Waals surface area contributed by atoms with E-state index < -0.39 is 0 Å². The van der Waals surface area contributed by atoms with E-state index in [9.17, 15) is 10.1 Å². The summed E-state index contributed by atoms with van der Waals surface area (Å²) in [6.07, 6.45) is 3.19. The average molecular weight is 264 g/mol. The van der Waals surface area contributed by atoms with Crippen LogP contribution in [-0.4, -0.2) is 10.5 Å². The molecule has 1 aromatic rings. The predicted molar refractivity (Wildman–Crippen MR) is 78.3 cm³/mol. The van der Waals surface area contributed by atoms with E-state index in [-0.39, 0.29) is 16.1 Å². The summed E-state index contributed by atoms with van der Waals surface area (Å²) in [6.45, 7) is 8.98. The monoisotopic (exact) mass is 264 g/mol. The molecule has 0 saturated carbocycles. The lowest BCUT2D eigenvalue weighted by Gasteiger charge is -2.32. The summed E-state index contributed by atoms with van der Waals surface area (Å²) in [5.41, 5.74) is 2.02. The van der Waals surface area contributed by atoms with Gasteiger partial charge in [-0.3, -0.25) is 10.1 Å². The molecule has 0 bridgehead atoms. The van der Waals surface area contributed by atoms with Gasteiger partial charge in [0.15, 0.2) is 0 Å². The molecule has 0 radical (unpaired) electrons. The van der Waals surface area contributed by atoms with Crippen LogP contribution in [0.25, 0.3) is 0 Å². The van der Waals surface area contributed by atoms with Crippen molar-refractivity contribution in [2.45, 2.75) is 59.0 Å². The highest BCUT2D eigenvalue weighted by molar-refractivity contribution is 5.42. The van der Waals surface area contributed by atoms with Crippen molar-refractivity contribution >= 4 is 5.69 Å². The summed E-state index contributed by atoms with van der Waals surface area (Å²) in [4.78, 5) is 10.6. The topological polar surface area (TPSA) is 55.2 Å². The van der Waals surface area contributed by atoms with E-state index in [2.05, 4.69) is 26.1 Å². The maximum atomic E-state index is 10.9. The van der Waals surface area contributed by atoms with Gasteiger partial charge < -0.3 is 5.32 Å². The minimum atomic E-state index is -0.314. The molecule has 19 heavy (non-hydrogen) atoms. The third-order valence-electron chi connectivity index (χ3n) is 4.17. The maximum absolute atomic E-state index is 10.9. The molecule has 0 atom stereocenters. The van der Waals surface area contributed by atoms with Crippen molar-refractivity contribution in [1.29, 1.82) is 0 Å². The Labute approximate surface area is 115 Å². The Balaban J connectivity index is 2.83. The minimum absolute atomic E-state index is 0.139. The first-order chi connectivity index (χ1) is 8.98. The van der Waals surface area contributed by atoms with Crippen molar-refractivity contribution in [2.24, 2.45) is 0 Å². The lowest BCUT2D eigenvalue weighted by Crippen LogP contribution is -2.43. The maximum Gasteiger partial charge on any atom is 0.272 e. The number of rotatable bonds is 7. The van der Waals surface area contributed by atoms with Crippen molar-refractivity contribution in [2.75, 3.05) is 0 Å². The summed E-state index contributed by atoms with van der Waals surface area (Å²) in [7, 11) is 0. The van der Waals surface area contributed by atoms with Crippen LogP contribution in [0.5, 0.6) is 0 Å². The molecule has 0 spiro atoms. The van der Waals surface area contributed by atoms with Crippen molar-refractivity contribution in [3.8, 4) is 0 Å². The highest BCUT2D eigenvalue weighted by Gasteiger charge is 2.23. The minimum Gasteiger partial charge on any atom is -0.307 e. The predicted octanol–water partition coefficient (Wildman–Crippen LogP) is 3.96. The van der Waals surface area contributed by atoms with Gasteiger partial charge in [0.05, 0.1) is 4.92 Å². The SMILES string of the molecule is CCC(CC)(CC)NCc1ccc(C)c([N+](=O)[O-])c1. The van der Waals surface area contributed by atoms with E-state index in [0.29, 0.717) is 12.1 Å². The lowest BCUT2D eigenvalue weighted by atomic mass is 9.89. The molecule has 0 amide bonds. The highest BCUT2D eigenvalue weighted by Crippen LogP contribution is 2.22. The normalized spacial score (nSPS) is 11.6. The van der Waals surface area contributed by atoms with E-state index in [1.165, 1.54) is 0 Å². The van der Waals surface area contributed by atoms with Gasteiger partial charge in [-0.1, -0.05) is 32.9 Å². The summed E-state index contributed by atoms with van der Waals surface area (Å²) in [5.74, 6) is 0. The van der Waals surface area contributed by atoms with Crippen LogP contribution in [0.15, 0.2) is 18.2 Å². The third-order valence-corrected chi connectivity index (χ3v) is 4.17. The molecule has 106 valence electrons. The number of nitro groups is 1. The number of benzene rings is 1. The van der Waals surface area contributed by atoms with E-state index in [1.807, 2.05) is 12.1 Å². The summed E-state index contributed by atoms with van der Waals surface area (Å²) < 4.78 is 0. The molecule has 0 fully saturated rings. The van der Waals surface area contributed by atoms with E-state index in [4.69, 9.17) is 0 Å². The van der Waals surface area contributed by atoms with Crippen LogP contribution >= 0.6 is 0 Å². The van der Waals surface area contributed by atoms with Gasteiger partial charge in [-0.25, -0.2) is 0 Å². The fraction of sp³-hybridized carbons (Fsp3) is 0.600. The van der Waals surface area contributed by atoms with E-state index >= 15 is 0 Å². The first kappa shape index (κ1) is 15.6. The second-order valence-electron chi connectivity index (χ2n) is 5.07. The number of nitro benzene ring substituents is 1. The van der Waals surface area contributed by atoms with Crippen molar-refractivity contribution < 1.29 is 4.92 Å². The molecule has 0 aliphatic carbocycles. The van der Waals surface area contributed by atoms with Gasteiger partial charge >= 0.3 is 0 Å². The number of nitrogens with one attached hydrogen (secondary N) is 1. The van der Waals surface area contributed by atoms with Crippen LogP contribution in [-0.2, 0) is 6.54 Å². The first-order valence-electron chi connectivity index (χ1n) is 6.97. The fourth-order valence-corrected chi connectivity index (χ4v) is 2.38. The van der Waals surface area contributed by atoms with Crippen LogP contribution in [0.4, 0.5) is 5.69 Å². The largest absolute Gasteiger partial charge is 0.307 e. The Bertz CT molecular complexity index is 432. The lowest BCUT2D eigenvalue weighted by molar-refractivity contribution is -0.385. The Hall–Kier alpha value is -1.42. The van der Waals surface area contributed by atoms with Crippen LogP contribution in [0, 0.1) is 17.0 Å². The second kappa shape index (κ2) is 6.66. The van der Waals surface area contributed by atoms with Crippen molar-refractivity contribution in [1.82, 2.24) is 5.32 Å². The summed E-state index contributed by atoms with van der Waals surface area (Å²) >= 11 is 0. The molecular weight excluding hydrogens is 240 g/mol. The molecule has 1 rings (SSSR count). The fourth-order valence-electron chi connectivity index (χ4n) is 2.38. The number of aryl methyl sites for hydroxylation is 1. The molecule has 4 heteroatoms. The molecule has 0 aliphatic rings. The van der Waals surface area contributed by atoms with Crippen molar-refractivity contribution in [3.05, 3.63) is 39.4 Å². The van der Waals surface area contributed by atoms with E-state index in [1.54, 1.807) is 13.0 Å². The van der Waals surface area contributed by atoms with Gasteiger partial charge in [0.25, 0.3) is 5.69 Å². The van der Waals surface area contributed by atoms with Crippen LogP contribution in [0.1, 0.15) is 51.2 Å². The van der Waals surface area contributed by atoms with Crippen LogP contribution in [0.3, 0.4) is 0 Å². The first-order valence-corrected chi connectivity index (χ1v) is 6.97. The molecule has 1 N–H and O–H groups in total. The summed E-state index contributed by atoms with van der Waals surface area (Å²) in [6, 6.07) is 5.45. The molecule has 0 aromatic heterocycles. The average Bonchev–Trinajstić information content (AvgIpc) is 2.42. The van der Waals surface area contributed by atoms with Gasteiger partial charge in [0.2, 0.25) is 0 Å². The van der Waals surface area contributed by atoms with Crippen molar-refractivity contribution in [3.63, 3.8) is 0 Å². The molecule has 0 unspecified atom stereocenters. The zero-order valence-electron chi connectivity index (χ0n) is 12.3. The third kappa shape index (κ3) is 3.77. The highest BCUT2D eigenvalue weighted by atomic mass is 16.6. The molecule has 1 aromatic carbocycles. The molecule has 0 saturated heterocycles. The number of hydrogen-bond acceptors (Lipinski definition) is 3. The zero-order valence-corrected chi connectivity index (χ0v) is 12.3. The Kier molecular flexibility index (Phi) is 5.48. The van der Waals surface area contributed by atoms with Gasteiger partial charge in [-0.05, 0) is 31.7 Å². The van der Waals surface area contributed by atoms with Gasteiger partial charge in [0.1, 0.15) is 0 Å². The summed E-state index contributed by atoms with van der Waals surface area (Å²) in [5, 5.41) is 14.5. The number of hydrogen-bond donors (Lipinski definition) is 1. The second-order valence-corrected chi connectivity index (χ2v) is 5.07. The van der Waals surface area contributed by atoms with E-state index in [0.717, 1.165) is 24.8 Å². The van der Waals surface area contributed by atoms with Crippen LogP contribution < -0.4 is 5.32 Å². The van der Waals surface area contributed by atoms with Gasteiger partial charge in [-0.2, -0.15) is 0 Å². The van der Waals surface area contributed by atoms with Gasteiger partial charge in [0, 0.05) is 23.7 Å². The Morgan fingerprint density at radius 2 is 1.79 bits per heavy atom. The van der Waals surface area contributed by atoms with Gasteiger partial charge in [-0.15, -0.1) is 0 Å². The quantitative estimate of drug-likeness (QED) is 0.599. The standard InChI is InChI=1S/C15H24N2O2/c1-5-15(6-2,7-3)16-11-13-9-8-12(4)14(10-13)17(18)19/h8-10,16H,5-7,11H2,1-4H3. The smallest absolute Gasteiger partial charge is 0.272 e.